The molecule has 11 heteroatoms. The smallest absolute Gasteiger partial charge is 0.319 e. The minimum Gasteiger partial charge on any atom is -0.377 e. The van der Waals surface area contributed by atoms with E-state index in [-0.39, 0.29) is 30.3 Å². The summed E-state index contributed by atoms with van der Waals surface area (Å²) in [5, 5.41) is 13.7. The summed E-state index contributed by atoms with van der Waals surface area (Å²) in [5.41, 5.74) is 1.91. The van der Waals surface area contributed by atoms with Crippen molar-refractivity contribution < 1.29 is 17.9 Å². The van der Waals surface area contributed by atoms with Crippen molar-refractivity contribution in [3.8, 4) is 17.5 Å². The molecule has 2 aliphatic carbocycles. The average Bonchev–Trinajstić information content (AvgIpc) is 3.70. The molecule has 0 unspecified atom stereocenters. The third-order valence-electron chi connectivity index (χ3n) is 7.43. The van der Waals surface area contributed by atoms with Gasteiger partial charge in [0, 0.05) is 30.4 Å². The largest absolute Gasteiger partial charge is 0.377 e. The summed E-state index contributed by atoms with van der Waals surface area (Å²) in [6, 6.07) is 10.7. The molecule has 1 atom stereocenters. The molecule has 0 spiro atoms. The van der Waals surface area contributed by atoms with Crippen LogP contribution in [0.3, 0.4) is 0 Å². The highest BCUT2D eigenvalue weighted by molar-refractivity contribution is 7.93. The summed E-state index contributed by atoms with van der Waals surface area (Å²) in [5.74, 6) is 1.18. The van der Waals surface area contributed by atoms with Crippen LogP contribution in [0.4, 0.5) is 16.3 Å². The number of ether oxygens (including phenoxy) is 1. The Labute approximate surface area is 217 Å². The zero-order valence-corrected chi connectivity index (χ0v) is 21.8. The summed E-state index contributed by atoms with van der Waals surface area (Å²) in [6.07, 6.45) is 3.74. The Morgan fingerprint density at radius 1 is 1.24 bits per heavy atom. The van der Waals surface area contributed by atoms with E-state index in [9.17, 15) is 13.2 Å². The van der Waals surface area contributed by atoms with Crippen LogP contribution >= 0.6 is 0 Å². The molecular formula is C26H32N6O4S. The first-order valence-corrected chi connectivity index (χ1v) is 14.4. The molecule has 2 heterocycles. The van der Waals surface area contributed by atoms with Crippen LogP contribution < -0.4 is 15.5 Å². The fraction of sp³-hybridized carbons (Fsp3) is 0.538. The number of nitrogens with zero attached hydrogens (tertiary/aromatic N) is 4. The second-order valence-corrected chi connectivity index (χ2v) is 12.5. The molecule has 0 bridgehead atoms. The predicted octanol–water partition coefficient (Wildman–Crippen LogP) is 3.36. The molecular weight excluding hydrogens is 492 g/mol. The normalized spacial score (nSPS) is 21.0. The Hall–Kier alpha value is -3.23. The van der Waals surface area contributed by atoms with Gasteiger partial charge in [-0.2, -0.15) is 5.26 Å². The van der Waals surface area contributed by atoms with Crippen LogP contribution in [-0.2, 0) is 19.3 Å². The first kappa shape index (κ1) is 25.4. The van der Waals surface area contributed by atoms with Crippen molar-refractivity contribution >= 4 is 27.4 Å². The quantitative estimate of drug-likeness (QED) is 0.502. The molecule has 2 saturated carbocycles. The first-order chi connectivity index (χ1) is 17.8. The van der Waals surface area contributed by atoms with E-state index in [4.69, 9.17) is 20.0 Å². The maximum absolute atomic E-state index is 13.6. The maximum Gasteiger partial charge on any atom is 0.319 e. The molecule has 2 N–H and O–H groups in total. The lowest BCUT2D eigenvalue weighted by Crippen LogP contribution is -2.46. The molecule has 37 heavy (non-hydrogen) atoms. The number of amides is 2. The van der Waals surface area contributed by atoms with Gasteiger partial charge in [0.1, 0.15) is 10.6 Å². The van der Waals surface area contributed by atoms with Crippen molar-refractivity contribution in [2.45, 2.75) is 61.5 Å². The minimum absolute atomic E-state index is 0.104. The van der Waals surface area contributed by atoms with Crippen molar-refractivity contribution in [2.24, 2.45) is 0 Å². The minimum atomic E-state index is -3.34. The zero-order chi connectivity index (χ0) is 26.0. The van der Waals surface area contributed by atoms with E-state index in [1.807, 2.05) is 24.3 Å². The van der Waals surface area contributed by atoms with Gasteiger partial charge in [0.15, 0.2) is 15.7 Å². The van der Waals surface area contributed by atoms with Gasteiger partial charge in [0.2, 0.25) is 0 Å². The third kappa shape index (κ3) is 5.00. The highest BCUT2D eigenvalue weighted by Gasteiger charge is 2.57. The summed E-state index contributed by atoms with van der Waals surface area (Å²) in [6.45, 7) is 4.18. The van der Waals surface area contributed by atoms with Crippen LogP contribution in [0.15, 0.2) is 30.3 Å². The second-order valence-electron chi connectivity index (χ2n) is 10.0. The van der Waals surface area contributed by atoms with Crippen LogP contribution in [-0.4, -0.2) is 62.0 Å². The number of rotatable bonds is 8. The molecule has 3 aliphatic rings. The molecule has 5 rings (SSSR count). The van der Waals surface area contributed by atoms with Gasteiger partial charge in [-0.05, 0) is 63.3 Å². The number of urea groups is 1. The number of carbonyl (C=O) groups is 1. The molecule has 0 radical (unpaired) electrons. The molecule has 196 valence electrons. The van der Waals surface area contributed by atoms with Crippen molar-refractivity contribution in [1.82, 2.24) is 15.3 Å². The number of benzene rings is 1. The lowest BCUT2D eigenvalue weighted by atomic mass is 9.81. The monoisotopic (exact) mass is 524 g/mol. The van der Waals surface area contributed by atoms with E-state index in [0.29, 0.717) is 55.6 Å². The highest BCUT2D eigenvalue weighted by Crippen LogP contribution is 2.53. The number of sulfone groups is 1. The van der Waals surface area contributed by atoms with Gasteiger partial charge in [-0.3, -0.25) is 0 Å². The van der Waals surface area contributed by atoms with Crippen LogP contribution in [0.25, 0.3) is 11.4 Å². The number of nitrogens with one attached hydrogen (secondary N) is 2. The summed E-state index contributed by atoms with van der Waals surface area (Å²) >= 11 is 0. The van der Waals surface area contributed by atoms with Crippen LogP contribution in [0.2, 0.25) is 0 Å². The van der Waals surface area contributed by atoms with Gasteiger partial charge in [0.05, 0.1) is 42.7 Å². The fourth-order valence-electron chi connectivity index (χ4n) is 5.00. The molecule has 1 saturated heterocycles. The summed E-state index contributed by atoms with van der Waals surface area (Å²) in [7, 11) is -3.34. The average molecular weight is 525 g/mol. The topological polar surface area (TPSA) is 137 Å². The summed E-state index contributed by atoms with van der Waals surface area (Å²) in [4.78, 5) is 23.9. The third-order valence-corrected chi connectivity index (χ3v) is 10.5. The Kier molecular flexibility index (Phi) is 7.05. The lowest BCUT2D eigenvalue weighted by molar-refractivity contribution is 0.0985. The second kappa shape index (κ2) is 10.3. The number of morpholine rings is 1. The van der Waals surface area contributed by atoms with E-state index in [2.05, 4.69) is 22.5 Å². The van der Waals surface area contributed by atoms with E-state index in [1.165, 1.54) is 0 Å². The van der Waals surface area contributed by atoms with Gasteiger partial charge >= 0.3 is 6.03 Å². The number of anilines is 2. The number of carbonyl (C=O) groups excluding carboxylic acids is 1. The Bertz CT molecular complexity index is 1300. The number of aromatic nitrogens is 2. The molecule has 2 amide bonds. The van der Waals surface area contributed by atoms with Crippen molar-refractivity contribution in [3.05, 3.63) is 36.0 Å². The number of hydrogen-bond acceptors (Lipinski definition) is 8. The van der Waals surface area contributed by atoms with Gasteiger partial charge in [-0.1, -0.05) is 0 Å². The Morgan fingerprint density at radius 2 is 2.00 bits per heavy atom. The predicted molar refractivity (Wildman–Crippen MR) is 140 cm³/mol. The van der Waals surface area contributed by atoms with E-state index < -0.39 is 14.6 Å². The molecule has 2 aromatic rings. The molecule has 10 nitrogen and oxygen atoms in total. The Balaban J connectivity index is 1.48. The molecule has 3 fully saturated rings. The van der Waals surface area contributed by atoms with Gasteiger partial charge in [-0.15, -0.1) is 0 Å². The van der Waals surface area contributed by atoms with Gasteiger partial charge < -0.3 is 20.3 Å². The van der Waals surface area contributed by atoms with E-state index >= 15 is 0 Å². The SMILES string of the molecule is C[C@H]1COCCN1c1cc(C2(S(=O)(=O)C3CC3)CCC2)nc(-c2ccc(NC(=O)NCCC#N)cc2)n1. The van der Waals surface area contributed by atoms with Crippen molar-refractivity contribution in [3.63, 3.8) is 0 Å². The van der Waals surface area contributed by atoms with Crippen LogP contribution in [0.5, 0.6) is 0 Å². The Morgan fingerprint density at radius 3 is 2.62 bits per heavy atom. The van der Waals surface area contributed by atoms with E-state index in [1.54, 1.807) is 12.1 Å². The molecule has 1 aliphatic heterocycles. The fourth-order valence-corrected chi connectivity index (χ4v) is 7.65. The first-order valence-electron chi connectivity index (χ1n) is 12.8. The number of hydrogen-bond donors (Lipinski definition) is 2. The van der Waals surface area contributed by atoms with Crippen molar-refractivity contribution in [2.75, 3.05) is 36.5 Å². The van der Waals surface area contributed by atoms with E-state index in [0.717, 1.165) is 24.8 Å². The van der Waals surface area contributed by atoms with Crippen molar-refractivity contribution in [1.29, 1.82) is 5.26 Å². The standard InChI is InChI=1S/C26H32N6O4S/c1-18-17-36-15-14-32(18)23-16-22(26(10-2-11-26)37(34,35)21-8-9-21)30-24(31-23)19-4-6-20(7-5-19)29-25(33)28-13-3-12-27/h4-7,16,18,21H,2-3,8-11,13-15,17H2,1H3,(H2,28,29,33)/t18-/m0/s1. The van der Waals surface area contributed by atoms with Gasteiger partial charge in [0.25, 0.3) is 0 Å². The van der Waals surface area contributed by atoms with Crippen LogP contribution in [0, 0.1) is 11.3 Å². The molecule has 1 aromatic heterocycles. The lowest BCUT2D eigenvalue weighted by Gasteiger charge is -2.41. The zero-order valence-electron chi connectivity index (χ0n) is 20.9. The highest BCUT2D eigenvalue weighted by atomic mass is 32.2. The maximum atomic E-state index is 13.6. The number of nitriles is 1. The molecule has 1 aromatic carbocycles. The summed E-state index contributed by atoms with van der Waals surface area (Å²) < 4.78 is 31.8. The van der Waals surface area contributed by atoms with Gasteiger partial charge in [-0.25, -0.2) is 23.2 Å². The van der Waals surface area contributed by atoms with Crippen LogP contribution in [0.1, 0.15) is 51.1 Å².